The van der Waals surface area contributed by atoms with E-state index in [9.17, 15) is 14.4 Å². The molecule has 0 fully saturated rings. The van der Waals surface area contributed by atoms with E-state index in [2.05, 4.69) is 31.3 Å². The number of imide groups is 1. The SMILES string of the molecule is Cc1cc(NC(=O)CN2C(=O)c3ccc(Br)cc3C2=O)n(-c2ccc3ccccc3n2)n1. The largest absolute Gasteiger partial charge is 0.309 e. The van der Waals surface area contributed by atoms with Crippen LogP contribution in [0.15, 0.2) is 65.1 Å². The average Bonchev–Trinajstić information content (AvgIpc) is 3.25. The number of nitrogens with one attached hydrogen (secondary N) is 1. The lowest BCUT2D eigenvalue weighted by Crippen LogP contribution is -2.37. The van der Waals surface area contributed by atoms with E-state index >= 15 is 0 Å². The lowest BCUT2D eigenvalue weighted by molar-refractivity contribution is -0.116. The molecule has 0 bridgehead atoms. The minimum Gasteiger partial charge on any atom is -0.309 e. The summed E-state index contributed by atoms with van der Waals surface area (Å²) in [7, 11) is 0. The molecule has 0 saturated heterocycles. The Bertz CT molecular complexity index is 1430. The van der Waals surface area contributed by atoms with Crippen molar-refractivity contribution >= 4 is 50.4 Å². The zero-order valence-corrected chi connectivity index (χ0v) is 18.5. The van der Waals surface area contributed by atoms with Crippen molar-refractivity contribution in [2.45, 2.75) is 6.92 Å². The summed E-state index contributed by atoms with van der Waals surface area (Å²) in [6.45, 7) is 1.40. The minimum atomic E-state index is -0.513. The molecule has 4 aromatic rings. The second kappa shape index (κ2) is 7.69. The highest BCUT2D eigenvalue weighted by molar-refractivity contribution is 9.10. The quantitative estimate of drug-likeness (QED) is 0.440. The van der Waals surface area contributed by atoms with Crippen LogP contribution in [0.1, 0.15) is 26.4 Å². The Morgan fingerprint density at radius 1 is 1.00 bits per heavy atom. The monoisotopic (exact) mass is 489 g/mol. The van der Waals surface area contributed by atoms with Gasteiger partial charge in [0.15, 0.2) is 5.82 Å². The lowest BCUT2D eigenvalue weighted by Gasteiger charge is -2.14. The highest BCUT2D eigenvalue weighted by Crippen LogP contribution is 2.26. The fraction of sp³-hybridized carbons (Fsp3) is 0.0870. The lowest BCUT2D eigenvalue weighted by atomic mass is 10.1. The first kappa shape index (κ1) is 20.1. The first-order chi connectivity index (χ1) is 15.4. The molecule has 3 heterocycles. The van der Waals surface area contributed by atoms with Gasteiger partial charge in [-0.2, -0.15) is 9.78 Å². The van der Waals surface area contributed by atoms with Crippen molar-refractivity contribution in [2.75, 3.05) is 11.9 Å². The number of fused-ring (bicyclic) bond motifs is 2. The van der Waals surface area contributed by atoms with Crippen LogP contribution >= 0.6 is 15.9 Å². The van der Waals surface area contributed by atoms with Crippen LogP contribution in [0.5, 0.6) is 0 Å². The molecule has 1 N–H and O–H groups in total. The molecular formula is C23H16BrN5O3. The standard InChI is InChI=1S/C23H16BrN5O3/c1-13-10-20(29(27-13)19-9-6-14-4-2-3-5-18(14)25-19)26-21(30)12-28-22(31)16-8-7-15(24)11-17(16)23(28)32/h2-11H,12H2,1H3,(H,26,30). The molecule has 2 aromatic carbocycles. The summed E-state index contributed by atoms with van der Waals surface area (Å²) in [5, 5.41) is 8.17. The molecule has 2 aromatic heterocycles. The number of carbonyl (C=O) groups is 3. The Kier molecular flexibility index (Phi) is 4.82. The average molecular weight is 490 g/mol. The van der Waals surface area contributed by atoms with Crippen LogP contribution in [-0.4, -0.2) is 43.9 Å². The molecule has 1 aliphatic rings. The highest BCUT2D eigenvalue weighted by Gasteiger charge is 2.36. The van der Waals surface area contributed by atoms with Gasteiger partial charge in [-0.05, 0) is 43.3 Å². The van der Waals surface area contributed by atoms with Gasteiger partial charge < -0.3 is 5.32 Å². The molecular weight excluding hydrogens is 474 g/mol. The first-order valence-electron chi connectivity index (χ1n) is 9.79. The van der Waals surface area contributed by atoms with Crippen LogP contribution in [0.2, 0.25) is 0 Å². The maximum Gasteiger partial charge on any atom is 0.262 e. The number of aryl methyl sites for hydroxylation is 1. The van der Waals surface area contributed by atoms with Crippen LogP contribution in [0, 0.1) is 6.92 Å². The zero-order valence-electron chi connectivity index (χ0n) is 16.9. The van der Waals surface area contributed by atoms with Gasteiger partial charge >= 0.3 is 0 Å². The Hall–Kier alpha value is -3.85. The normalized spacial score (nSPS) is 13.0. The van der Waals surface area contributed by atoms with Gasteiger partial charge in [0.05, 0.1) is 22.3 Å². The summed E-state index contributed by atoms with van der Waals surface area (Å²) in [6.07, 6.45) is 0. The molecule has 0 unspecified atom stereocenters. The Balaban J connectivity index is 1.39. The maximum absolute atomic E-state index is 12.8. The van der Waals surface area contributed by atoms with Gasteiger partial charge in [0, 0.05) is 15.9 Å². The van der Waals surface area contributed by atoms with E-state index in [1.807, 2.05) is 36.4 Å². The summed E-state index contributed by atoms with van der Waals surface area (Å²) in [5.41, 5.74) is 2.04. The maximum atomic E-state index is 12.8. The van der Waals surface area contributed by atoms with Crippen molar-refractivity contribution < 1.29 is 14.4 Å². The van der Waals surface area contributed by atoms with Crippen molar-refractivity contribution in [3.05, 3.63) is 82.0 Å². The fourth-order valence-corrected chi connectivity index (χ4v) is 4.03. The minimum absolute atomic E-state index is 0.276. The molecule has 5 rings (SSSR count). The number of hydrogen-bond acceptors (Lipinski definition) is 5. The molecule has 0 aliphatic carbocycles. The van der Waals surface area contributed by atoms with Gasteiger partial charge in [-0.1, -0.05) is 34.1 Å². The van der Waals surface area contributed by atoms with Gasteiger partial charge in [0.2, 0.25) is 5.91 Å². The number of anilines is 1. The van der Waals surface area contributed by atoms with E-state index < -0.39 is 24.3 Å². The van der Waals surface area contributed by atoms with Crippen molar-refractivity contribution in [1.82, 2.24) is 19.7 Å². The summed E-state index contributed by atoms with van der Waals surface area (Å²) < 4.78 is 2.21. The predicted molar refractivity (Wildman–Crippen MR) is 122 cm³/mol. The van der Waals surface area contributed by atoms with Crippen LogP contribution in [0.4, 0.5) is 5.82 Å². The van der Waals surface area contributed by atoms with E-state index in [1.54, 1.807) is 31.2 Å². The molecule has 32 heavy (non-hydrogen) atoms. The Labute approximate surface area is 191 Å². The molecule has 0 radical (unpaired) electrons. The number of carbonyl (C=O) groups excluding carboxylic acids is 3. The Morgan fingerprint density at radius 3 is 2.62 bits per heavy atom. The van der Waals surface area contributed by atoms with Crippen molar-refractivity contribution in [2.24, 2.45) is 0 Å². The summed E-state index contributed by atoms with van der Waals surface area (Å²) >= 11 is 3.30. The number of rotatable bonds is 4. The third-order valence-corrected chi connectivity index (χ3v) is 5.63. The third-order valence-electron chi connectivity index (χ3n) is 5.13. The van der Waals surface area contributed by atoms with E-state index in [0.29, 0.717) is 21.8 Å². The summed E-state index contributed by atoms with van der Waals surface area (Å²) in [6, 6.07) is 18.0. The number of benzene rings is 2. The molecule has 3 amide bonds. The van der Waals surface area contributed by atoms with E-state index in [0.717, 1.165) is 15.8 Å². The molecule has 0 saturated carbocycles. The number of pyridine rings is 1. The second-order valence-electron chi connectivity index (χ2n) is 7.38. The predicted octanol–water partition coefficient (Wildman–Crippen LogP) is 3.73. The zero-order chi connectivity index (χ0) is 22.4. The fourth-order valence-electron chi connectivity index (χ4n) is 3.67. The van der Waals surface area contributed by atoms with E-state index in [1.165, 1.54) is 4.68 Å². The highest BCUT2D eigenvalue weighted by atomic mass is 79.9. The smallest absolute Gasteiger partial charge is 0.262 e. The molecule has 8 nitrogen and oxygen atoms in total. The van der Waals surface area contributed by atoms with Crippen molar-refractivity contribution in [3.8, 4) is 5.82 Å². The summed E-state index contributed by atoms with van der Waals surface area (Å²) in [4.78, 5) is 43.6. The summed E-state index contributed by atoms with van der Waals surface area (Å²) in [5.74, 6) is -0.566. The molecule has 9 heteroatoms. The number of nitrogens with zero attached hydrogens (tertiary/aromatic N) is 4. The van der Waals surface area contributed by atoms with Crippen molar-refractivity contribution in [3.63, 3.8) is 0 Å². The van der Waals surface area contributed by atoms with Crippen LogP contribution in [0.25, 0.3) is 16.7 Å². The molecule has 0 atom stereocenters. The molecule has 1 aliphatic heterocycles. The number of amides is 3. The van der Waals surface area contributed by atoms with Gasteiger partial charge in [-0.15, -0.1) is 0 Å². The van der Waals surface area contributed by atoms with Crippen LogP contribution in [-0.2, 0) is 4.79 Å². The van der Waals surface area contributed by atoms with Gasteiger partial charge in [0.1, 0.15) is 12.4 Å². The van der Waals surface area contributed by atoms with E-state index in [-0.39, 0.29) is 11.1 Å². The molecule has 0 spiro atoms. The van der Waals surface area contributed by atoms with Crippen LogP contribution < -0.4 is 5.32 Å². The number of para-hydroxylation sites is 1. The van der Waals surface area contributed by atoms with Crippen molar-refractivity contribution in [1.29, 1.82) is 0 Å². The van der Waals surface area contributed by atoms with Gasteiger partial charge in [0.25, 0.3) is 11.8 Å². The van der Waals surface area contributed by atoms with E-state index in [4.69, 9.17) is 0 Å². The first-order valence-corrected chi connectivity index (χ1v) is 10.6. The Morgan fingerprint density at radius 2 is 1.78 bits per heavy atom. The third kappa shape index (κ3) is 3.46. The molecule has 158 valence electrons. The second-order valence-corrected chi connectivity index (χ2v) is 8.30. The number of halogens is 1. The van der Waals surface area contributed by atoms with Crippen LogP contribution in [0.3, 0.4) is 0 Å². The number of aromatic nitrogens is 3. The van der Waals surface area contributed by atoms with Gasteiger partial charge in [-0.3, -0.25) is 19.3 Å². The van der Waals surface area contributed by atoms with Gasteiger partial charge in [-0.25, -0.2) is 4.98 Å². The number of hydrogen-bond donors (Lipinski definition) is 1. The topological polar surface area (TPSA) is 97.2 Å².